The molecule has 0 saturated carbocycles. The van der Waals surface area contributed by atoms with Crippen molar-refractivity contribution in [3.63, 3.8) is 0 Å². The van der Waals surface area contributed by atoms with E-state index in [0.29, 0.717) is 0 Å². The molecule has 0 aliphatic heterocycles. The van der Waals surface area contributed by atoms with Gasteiger partial charge in [0, 0.05) is 16.7 Å². The van der Waals surface area contributed by atoms with E-state index < -0.39 is 9.05 Å². The molecule has 1 aromatic rings. The highest BCUT2D eigenvalue weighted by molar-refractivity contribution is 8.13. The van der Waals surface area contributed by atoms with Crippen LogP contribution >= 0.6 is 22.3 Å². The molecule has 0 aliphatic rings. The van der Waals surface area contributed by atoms with E-state index in [1.807, 2.05) is 0 Å². The van der Waals surface area contributed by atoms with Gasteiger partial charge in [0.1, 0.15) is 5.15 Å². The average Bonchev–Trinajstić information content (AvgIpc) is 2.01. The average molecular weight is 242 g/mol. The van der Waals surface area contributed by atoms with Crippen LogP contribution in [0.4, 0.5) is 0 Å². The van der Waals surface area contributed by atoms with Gasteiger partial charge in [-0.25, -0.2) is 13.4 Å². The predicted octanol–water partition coefficient (Wildman–Crippen LogP) is 1.67. The smallest absolute Gasteiger partial charge is 0.261 e. The van der Waals surface area contributed by atoms with Crippen LogP contribution < -0.4 is 4.74 Å². The largest absolute Gasteiger partial charge is 0.481 e. The van der Waals surface area contributed by atoms with E-state index in [1.165, 1.54) is 13.2 Å². The van der Waals surface area contributed by atoms with Crippen LogP contribution in [-0.2, 0) is 9.05 Å². The van der Waals surface area contributed by atoms with Gasteiger partial charge in [0.25, 0.3) is 9.05 Å². The highest BCUT2D eigenvalue weighted by Gasteiger charge is 2.12. The summed E-state index contributed by atoms with van der Waals surface area (Å²) >= 11 is 5.52. The van der Waals surface area contributed by atoms with Crippen molar-refractivity contribution >= 4 is 31.3 Å². The molecule has 0 radical (unpaired) electrons. The second-order valence-corrected chi connectivity index (χ2v) is 5.06. The number of nitrogens with zero attached hydrogens (tertiary/aromatic N) is 1. The summed E-state index contributed by atoms with van der Waals surface area (Å²) in [4.78, 5) is 3.55. The topological polar surface area (TPSA) is 56.3 Å². The first-order valence-corrected chi connectivity index (χ1v) is 5.78. The lowest BCUT2D eigenvalue weighted by atomic mass is 10.5. The number of ether oxygens (including phenoxy) is 1. The Morgan fingerprint density at radius 1 is 1.46 bits per heavy atom. The van der Waals surface area contributed by atoms with E-state index >= 15 is 0 Å². The van der Waals surface area contributed by atoms with Crippen LogP contribution in [0.1, 0.15) is 0 Å². The lowest BCUT2D eigenvalue weighted by Gasteiger charge is -2.01. The third-order valence-electron chi connectivity index (χ3n) is 1.23. The number of halogens is 2. The van der Waals surface area contributed by atoms with E-state index in [-0.39, 0.29) is 15.9 Å². The molecule has 1 rings (SSSR count). The number of rotatable bonds is 2. The summed E-state index contributed by atoms with van der Waals surface area (Å²) in [6, 6.07) is 2.33. The molecule has 1 aromatic heterocycles. The Labute approximate surface area is 84.9 Å². The molecule has 1 heterocycles. The summed E-state index contributed by atoms with van der Waals surface area (Å²) in [7, 11) is 2.65. The van der Waals surface area contributed by atoms with Gasteiger partial charge >= 0.3 is 0 Å². The summed E-state index contributed by atoms with van der Waals surface area (Å²) in [6.07, 6.45) is 0. The van der Waals surface area contributed by atoms with E-state index in [1.54, 1.807) is 0 Å². The molecule has 0 aliphatic carbocycles. The Bertz CT molecular complexity index is 418. The van der Waals surface area contributed by atoms with Crippen molar-refractivity contribution in [2.45, 2.75) is 4.90 Å². The fourth-order valence-electron chi connectivity index (χ4n) is 0.696. The minimum atomic E-state index is -3.79. The molecule has 7 heteroatoms. The standard InChI is InChI=1S/C6H5Cl2NO3S/c1-12-6-3-4(13(8,10)11)2-5(7)9-6/h2-3H,1H3. The maximum absolute atomic E-state index is 10.9. The molecular weight excluding hydrogens is 237 g/mol. The summed E-state index contributed by atoms with van der Waals surface area (Å²) in [5, 5.41) is 0.0126. The van der Waals surface area contributed by atoms with Gasteiger partial charge < -0.3 is 4.74 Å². The summed E-state index contributed by atoms with van der Waals surface area (Å²) in [6.45, 7) is 0. The first-order valence-electron chi connectivity index (χ1n) is 3.10. The quantitative estimate of drug-likeness (QED) is 0.584. The zero-order valence-corrected chi connectivity index (χ0v) is 8.82. The van der Waals surface area contributed by atoms with Crippen LogP contribution in [0, 0.1) is 0 Å². The monoisotopic (exact) mass is 241 g/mol. The second-order valence-electron chi connectivity index (χ2n) is 2.11. The van der Waals surface area contributed by atoms with Crippen LogP contribution in [0.5, 0.6) is 5.88 Å². The molecule has 4 nitrogen and oxygen atoms in total. The molecule has 0 spiro atoms. The molecule has 0 fully saturated rings. The van der Waals surface area contributed by atoms with Crippen molar-refractivity contribution in [3.8, 4) is 5.88 Å². The third-order valence-corrected chi connectivity index (χ3v) is 2.76. The molecule has 72 valence electrons. The van der Waals surface area contributed by atoms with Crippen LogP contribution in [0.15, 0.2) is 17.0 Å². The molecule has 0 unspecified atom stereocenters. The molecular formula is C6H5Cl2NO3S. The van der Waals surface area contributed by atoms with Crippen LogP contribution in [-0.4, -0.2) is 20.5 Å². The molecule has 0 N–H and O–H groups in total. The van der Waals surface area contributed by atoms with Gasteiger partial charge in [-0.05, 0) is 6.07 Å². The Hall–Kier alpha value is -0.520. The van der Waals surface area contributed by atoms with Gasteiger partial charge in [0.05, 0.1) is 12.0 Å². The lowest BCUT2D eigenvalue weighted by molar-refractivity contribution is 0.396. The van der Waals surface area contributed by atoms with Crippen molar-refractivity contribution in [3.05, 3.63) is 17.3 Å². The maximum Gasteiger partial charge on any atom is 0.261 e. The third kappa shape index (κ3) is 2.72. The fraction of sp³-hybridized carbons (Fsp3) is 0.167. The van der Waals surface area contributed by atoms with Gasteiger partial charge in [-0.1, -0.05) is 11.6 Å². The predicted molar refractivity (Wildman–Crippen MR) is 48.8 cm³/mol. The first-order chi connectivity index (χ1) is 5.93. The van der Waals surface area contributed by atoms with Gasteiger partial charge in [-0.2, -0.15) is 0 Å². The van der Waals surface area contributed by atoms with Crippen molar-refractivity contribution < 1.29 is 13.2 Å². The fourth-order valence-corrected chi connectivity index (χ4v) is 1.72. The van der Waals surface area contributed by atoms with Crippen molar-refractivity contribution in [2.75, 3.05) is 7.11 Å². The molecule has 0 bridgehead atoms. The second kappa shape index (κ2) is 3.69. The van der Waals surface area contributed by atoms with Crippen LogP contribution in [0.3, 0.4) is 0 Å². The van der Waals surface area contributed by atoms with Gasteiger partial charge in [-0.15, -0.1) is 0 Å². The van der Waals surface area contributed by atoms with Gasteiger partial charge in [0.15, 0.2) is 0 Å². The number of hydrogen-bond acceptors (Lipinski definition) is 4. The summed E-state index contributed by atoms with van der Waals surface area (Å²) < 4.78 is 26.5. The first kappa shape index (κ1) is 10.6. The zero-order valence-electron chi connectivity index (χ0n) is 6.49. The normalized spacial score (nSPS) is 11.3. The minimum Gasteiger partial charge on any atom is -0.481 e. The van der Waals surface area contributed by atoms with Gasteiger partial charge in [0.2, 0.25) is 5.88 Å². The van der Waals surface area contributed by atoms with Crippen LogP contribution in [0.25, 0.3) is 0 Å². The highest BCUT2D eigenvalue weighted by atomic mass is 35.7. The van der Waals surface area contributed by atoms with Crippen molar-refractivity contribution in [2.24, 2.45) is 0 Å². The summed E-state index contributed by atoms with van der Waals surface area (Å²) in [5.41, 5.74) is 0. The molecule has 0 saturated heterocycles. The van der Waals surface area contributed by atoms with Gasteiger partial charge in [-0.3, -0.25) is 0 Å². The van der Waals surface area contributed by atoms with E-state index in [9.17, 15) is 8.42 Å². The molecule has 0 atom stereocenters. The van der Waals surface area contributed by atoms with Crippen molar-refractivity contribution in [1.29, 1.82) is 0 Å². The summed E-state index contributed by atoms with van der Waals surface area (Å²) in [5.74, 6) is 0.103. The number of pyridine rings is 1. The number of methoxy groups -OCH3 is 1. The lowest BCUT2D eigenvalue weighted by Crippen LogP contribution is -1.94. The zero-order chi connectivity index (χ0) is 10.1. The maximum atomic E-state index is 10.9. The van der Waals surface area contributed by atoms with E-state index in [2.05, 4.69) is 4.98 Å². The van der Waals surface area contributed by atoms with Crippen LogP contribution in [0.2, 0.25) is 5.15 Å². The number of aromatic nitrogens is 1. The molecule has 13 heavy (non-hydrogen) atoms. The SMILES string of the molecule is COc1cc(S(=O)(=O)Cl)cc(Cl)n1. The Kier molecular flexibility index (Phi) is 3.00. The highest BCUT2D eigenvalue weighted by Crippen LogP contribution is 2.22. The molecule has 0 aromatic carbocycles. The van der Waals surface area contributed by atoms with E-state index in [4.69, 9.17) is 27.0 Å². The van der Waals surface area contributed by atoms with Crippen molar-refractivity contribution in [1.82, 2.24) is 4.98 Å². The Balaban J connectivity index is 3.33. The minimum absolute atomic E-state index is 0.0126. The van der Waals surface area contributed by atoms with E-state index in [0.717, 1.165) is 6.07 Å². The molecule has 0 amide bonds. The Morgan fingerprint density at radius 2 is 2.08 bits per heavy atom. The number of hydrogen-bond donors (Lipinski definition) is 0. The Morgan fingerprint density at radius 3 is 2.54 bits per heavy atom.